The summed E-state index contributed by atoms with van der Waals surface area (Å²) in [5, 5.41) is -0.108. The molecule has 1 nitrogen and oxygen atoms in total. The second kappa shape index (κ2) is 5.78. The minimum atomic E-state index is -7.02. The number of hydrogen-bond donors (Lipinski definition) is 0. The van der Waals surface area contributed by atoms with Gasteiger partial charge in [-0.15, -0.1) is 0 Å². The lowest BCUT2D eigenvalue weighted by Crippen LogP contribution is -2.64. The Hall–Kier alpha value is -1.45. The van der Waals surface area contributed by atoms with Gasteiger partial charge in [-0.2, -0.15) is 39.5 Å². The Kier molecular flexibility index (Phi) is 4.60. The van der Waals surface area contributed by atoms with Crippen LogP contribution in [0.1, 0.15) is 22.3 Å². The van der Waals surface area contributed by atoms with Crippen molar-refractivity contribution in [1.82, 2.24) is 0 Å². The van der Waals surface area contributed by atoms with E-state index < -0.39 is 47.6 Å². The Morgan fingerprint density at radius 1 is 0.920 bits per heavy atom. The molecule has 0 spiro atoms. The quantitative estimate of drug-likeness (QED) is 0.610. The van der Waals surface area contributed by atoms with E-state index in [2.05, 4.69) is 0 Å². The smallest absolute Gasteiger partial charge is 0.294 e. The Labute approximate surface area is 139 Å². The van der Waals surface area contributed by atoms with Gasteiger partial charge < -0.3 is 0 Å². The molecule has 0 heterocycles. The number of carbonyl (C=O) groups is 1. The number of halogens is 10. The van der Waals surface area contributed by atoms with Crippen LogP contribution in [-0.2, 0) is 6.42 Å². The lowest BCUT2D eigenvalue weighted by atomic mass is 9.76. The van der Waals surface area contributed by atoms with Crippen LogP contribution in [-0.4, -0.2) is 29.7 Å². The number of fused-ring (bicyclic) bond motifs is 1. The molecule has 0 N–H and O–H groups in total. The Morgan fingerprint density at radius 2 is 1.48 bits per heavy atom. The number of benzene rings is 1. The van der Waals surface area contributed by atoms with Gasteiger partial charge in [-0.1, -0.05) is 17.7 Å². The molecule has 1 aromatic carbocycles. The zero-order valence-electron chi connectivity index (χ0n) is 11.9. The standard InChI is InChI=1S/C14H8ClF9O/c15-7-3-1-6-2-4-9(10(25)8(6)5-7)11(16,17)12(18,19)13(20,21)14(22,23)24/h1,3,5,9H,2,4H2. The molecule has 1 aromatic rings. The van der Waals surface area contributed by atoms with Crippen molar-refractivity contribution in [1.29, 1.82) is 0 Å². The van der Waals surface area contributed by atoms with E-state index in [0.717, 1.165) is 6.07 Å². The van der Waals surface area contributed by atoms with E-state index in [1.54, 1.807) is 0 Å². The van der Waals surface area contributed by atoms with Crippen LogP contribution >= 0.6 is 11.6 Å². The molecule has 0 fully saturated rings. The number of Topliss-reactive ketones (excluding diaryl/α,β-unsaturated/α-hetero) is 1. The summed E-state index contributed by atoms with van der Waals surface area (Å²) in [6.07, 6.45) is -8.31. The van der Waals surface area contributed by atoms with Gasteiger partial charge in [0.1, 0.15) is 0 Å². The molecule has 0 aromatic heterocycles. The van der Waals surface area contributed by atoms with Gasteiger partial charge in [0.25, 0.3) is 0 Å². The molecule has 1 aliphatic carbocycles. The summed E-state index contributed by atoms with van der Waals surface area (Å²) in [5.74, 6) is -24.5. The van der Waals surface area contributed by atoms with Crippen LogP contribution in [0, 0.1) is 5.92 Å². The number of hydrogen-bond acceptors (Lipinski definition) is 1. The van der Waals surface area contributed by atoms with Gasteiger partial charge >= 0.3 is 23.9 Å². The van der Waals surface area contributed by atoms with Gasteiger partial charge in [-0.25, -0.2) is 0 Å². The van der Waals surface area contributed by atoms with Crippen LogP contribution < -0.4 is 0 Å². The number of alkyl halides is 9. The van der Waals surface area contributed by atoms with E-state index >= 15 is 0 Å². The highest BCUT2D eigenvalue weighted by molar-refractivity contribution is 6.31. The van der Waals surface area contributed by atoms with Crippen LogP contribution in [0.2, 0.25) is 5.02 Å². The Bertz CT molecular complexity index is 696. The van der Waals surface area contributed by atoms with E-state index in [4.69, 9.17) is 11.6 Å². The predicted molar refractivity (Wildman–Crippen MR) is 68.5 cm³/mol. The fraction of sp³-hybridized carbons (Fsp3) is 0.500. The minimum Gasteiger partial charge on any atom is -0.294 e. The second-order valence-corrected chi connectivity index (χ2v) is 5.96. The summed E-state index contributed by atoms with van der Waals surface area (Å²) in [6, 6.07) is 3.42. The summed E-state index contributed by atoms with van der Waals surface area (Å²) in [7, 11) is 0. The molecule has 1 unspecified atom stereocenters. The van der Waals surface area contributed by atoms with Crippen molar-refractivity contribution in [2.75, 3.05) is 0 Å². The highest BCUT2D eigenvalue weighted by atomic mass is 35.5. The first-order valence-corrected chi connectivity index (χ1v) is 7.05. The average Bonchev–Trinajstić information content (AvgIpc) is 2.46. The van der Waals surface area contributed by atoms with Crippen molar-refractivity contribution < 1.29 is 44.3 Å². The van der Waals surface area contributed by atoms with Crippen LogP contribution in [0.4, 0.5) is 39.5 Å². The highest BCUT2D eigenvalue weighted by Gasteiger charge is 2.83. The lowest BCUT2D eigenvalue weighted by molar-refractivity contribution is -0.400. The summed E-state index contributed by atoms with van der Waals surface area (Å²) in [5.41, 5.74) is -0.345. The highest BCUT2D eigenvalue weighted by Crippen LogP contribution is 2.56. The fourth-order valence-electron chi connectivity index (χ4n) is 2.57. The van der Waals surface area contributed by atoms with E-state index in [9.17, 15) is 44.3 Å². The second-order valence-electron chi connectivity index (χ2n) is 5.53. The number of rotatable bonds is 3. The molecule has 25 heavy (non-hydrogen) atoms. The maximum Gasteiger partial charge on any atom is 0.460 e. The van der Waals surface area contributed by atoms with Crippen LogP contribution in [0.3, 0.4) is 0 Å². The molecule has 2 rings (SSSR count). The molecule has 0 aliphatic heterocycles. The van der Waals surface area contributed by atoms with Crippen molar-refractivity contribution in [2.45, 2.75) is 36.8 Å². The van der Waals surface area contributed by atoms with Crippen LogP contribution in [0.25, 0.3) is 0 Å². The van der Waals surface area contributed by atoms with E-state index in [-0.39, 0.29) is 17.0 Å². The minimum absolute atomic E-state index is 0.108. The lowest BCUT2D eigenvalue weighted by Gasteiger charge is -2.38. The Morgan fingerprint density at radius 3 is 2.00 bits per heavy atom. The van der Waals surface area contributed by atoms with E-state index in [1.807, 2.05) is 0 Å². The first kappa shape index (κ1) is 19.9. The zero-order valence-corrected chi connectivity index (χ0v) is 12.7. The summed E-state index contributed by atoms with van der Waals surface area (Å²) >= 11 is 5.57. The van der Waals surface area contributed by atoms with Crippen molar-refractivity contribution in [3.63, 3.8) is 0 Å². The molecule has 0 saturated carbocycles. The van der Waals surface area contributed by atoms with Crippen molar-refractivity contribution in [2.24, 2.45) is 5.92 Å². The summed E-state index contributed by atoms with van der Waals surface area (Å²) in [6.45, 7) is 0. The van der Waals surface area contributed by atoms with Crippen molar-refractivity contribution >= 4 is 17.4 Å². The molecule has 1 aliphatic rings. The normalized spacial score (nSPS) is 19.8. The molecule has 11 heteroatoms. The fourth-order valence-corrected chi connectivity index (χ4v) is 2.74. The number of carbonyl (C=O) groups excluding carboxylic acids is 1. The molecule has 0 saturated heterocycles. The summed E-state index contributed by atoms with van der Waals surface area (Å²) in [4.78, 5) is 12.0. The molecular weight excluding hydrogens is 391 g/mol. The maximum atomic E-state index is 14.0. The topological polar surface area (TPSA) is 17.1 Å². The summed E-state index contributed by atoms with van der Waals surface area (Å²) < 4.78 is 117. The third-order valence-electron chi connectivity index (χ3n) is 3.96. The van der Waals surface area contributed by atoms with Gasteiger partial charge in [0.2, 0.25) is 0 Å². The number of aryl methyl sites for hydroxylation is 1. The SMILES string of the molecule is O=C1c2cc(Cl)ccc2CCC1C(F)(F)C(F)(F)C(F)(F)C(F)(F)F. The van der Waals surface area contributed by atoms with Crippen molar-refractivity contribution in [3.05, 3.63) is 34.3 Å². The van der Waals surface area contributed by atoms with E-state index in [0.29, 0.717) is 0 Å². The van der Waals surface area contributed by atoms with Gasteiger partial charge in [-0.05, 0) is 30.5 Å². The largest absolute Gasteiger partial charge is 0.460 e. The first-order valence-electron chi connectivity index (χ1n) is 6.67. The van der Waals surface area contributed by atoms with Gasteiger partial charge in [-0.3, -0.25) is 4.79 Å². The van der Waals surface area contributed by atoms with Gasteiger partial charge in [0.15, 0.2) is 5.78 Å². The maximum absolute atomic E-state index is 14.0. The van der Waals surface area contributed by atoms with Gasteiger partial charge in [0, 0.05) is 10.6 Å². The monoisotopic (exact) mass is 398 g/mol. The molecule has 1 atom stereocenters. The molecular formula is C14H8ClF9O. The molecule has 0 amide bonds. The zero-order chi connectivity index (χ0) is 19.4. The molecule has 0 bridgehead atoms. The predicted octanol–water partition coefficient (Wildman–Crippen LogP) is 5.55. The first-order chi connectivity index (χ1) is 11.1. The third-order valence-corrected chi connectivity index (χ3v) is 4.20. The Balaban J connectivity index is 2.48. The van der Waals surface area contributed by atoms with Crippen LogP contribution in [0.15, 0.2) is 18.2 Å². The molecule has 140 valence electrons. The third kappa shape index (κ3) is 2.88. The molecule has 0 radical (unpaired) electrons. The van der Waals surface area contributed by atoms with Crippen molar-refractivity contribution in [3.8, 4) is 0 Å². The average molecular weight is 399 g/mol. The number of ketones is 1. The van der Waals surface area contributed by atoms with Gasteiger partial charge in [0.05, 0.1) is 5.92 Å². The van der Waals surface area contributed by atoms with E-state index in [1.165, 1.54) is 12.1 Å². The van der Waals surface area contributed by atoms with Crippen LogP contribution in [0.5, 0.6) is 0 Å².